The van der Waals surface area contributed by atoms with Crippen LogP contribution in [-0.2, 0) is 0 Å². The molecule has 1 atom stereocenters. The molecule has 2 N–H and O–H groups in total. The smallest absolute Gasteiger partial charge is 0.315 e. The van der Waals surface area contributed by atoms with E-state index >= 15 is 0 Å². The Kier molecular flexibility index (Phi) is 3.61. The van der Waals surface area contributed by atoms with Crippen molar-refractivity contribution in [3.63, 3.8) is 0 Å². The highest BCUT2D eigenvalue weighted by atomic mass is 19.1. The number of carbonyl (C=O) groups excluding carboxylic acids is 1. The summed E-state index contributed by atoms with van der Waals surface area (Å²) in [6, 6.07) is 5.90. The first-order chi connectivity index (χ1) is 8.15. The van der Waals surface area contributed by atoms with Crippen molar-refractivity contribution < 1.29 is 9.18 Å². The van der Waals surface area contributed by atoms with Crippen molar-refractivity contribution in [2.24, 2.45) is 5.92 Å². The van der Waals surface area contributed by atoms with Crippen LogP contribution in [0.15, 0.2) is 24.3 Å². The first kappa shape index (κ1) is 11.9. The van der Waals surface area contributed by atoms with E-state index in [0.717, 1.165) is 12.1 Å². The topological polar surface area (TPSA) is 41.1 Å². The number of benzene rings is 1. The van der Waals surface area contributed by atoms with Gasteiger partial charge in [0.15, 0.2) is 0 Å². The third-order valence-electron chi connectivity index (χ3n) is 2.94. The maximum Gasteiger partial charge on any atom is 0.315 e. The molecule has 1 aliphatic rings. The predicted molar refractivity (Wildman–Crippen MR) is 64.1 cm³/mol. The highest BCUT2D eigenvalue weighted by molar-refractivity contribution is 5.74. The van der Waals surface area contributed by atoms with Crippen LogP contribution in [0.25, 0.3) is 0 Å². The molecule has 1 unspecified atom stereocenters. The average molecular weight is 236 g/mol. The zero-order valence-electron chi connectivity index (χ0n) is 9.87. The SMILES string of the molecule is CC(NC(=O)NCC1CC1)c1cccc(F)c1. The van der Waals surface area contributed by atoms with Crippen molar-refractivity contribution in [2.75, 3.05) is 6.54 Å². The van der Waals surface area contributed by atoms with E-state index in [0.29, 0.717) is 5.92 Å². The second-order valence-electron chi connectivity index (χ2n) is 4.57. The van der Waals surface area contributed by atoms with Crippen LogP contribution in [0.3, 0.4) is 0 Å². The number of rotatable bonds is 4. The molecule has 4 heteroatoms. The van der Waals surface area contributed by atoms with Crippen LogP contribution >= 0.6 is 0 Å². The van der Waals surface area contributed by atoms with Gasteiger partial charge in [-0.3, -0.25) is 0 Å². The van der Waals surface area contributed by atoms with E-state index in [4.69, 9.17) is 0 Å². The number of nitrogens with one attached hydrogen (secondary N) is 2. The Morgan fingerprint density at radius 2 is 2.29 bits per heavy atom. The van der Waals surface area contributed by atoms with Gasteiger partial charge in [0.1, 0.15) is 5.82 Å². The van der Waals surface area contributed by atoms with Crippen LogP contribution < -0.4 is 10.6 Å². The lowest BCUT2D eigenvalue weighted by Gasteiger charge is -2.15. The minimum Gasteiger partial charge on any atom is -0.338 e. The number of carbonyl (C=O) groups is 1. The number of halogens is 1. The van der Waals surface area contributed by atoms with Crippen molar-refractivity contribution >= 4 is 6.03 Å². The van der Waals surface area contributed by atoms with Crippen molar-refractivity contribution in [1.29, 1.82) is 0 Å². The second kappa shape index (κ2) is 5.17. The van der Waals surface area contributed by atoms with E-state index in [1.54, 1.807) is 12.1 Å². The summed E-state index contributed by atoms with van der Waals surface area (Å²) in [6.45, 7) is 2.58. The third-order valence-corrected chi connectivity index (χ3v) is 2.94. The van der Waals surface area contributed by atoms with Crippen LogP contribution in [-0.4, -0.2) is 12.6 Å². The Bertz CT molecular complexity index is 404. The molecule has 0 bridgehead atoms. The van der Waals surface area contributed by atoms with Crippen LogP contribution in [0, 0.1) is 11.7 Å². The van der Waals surface area contributed by atoms with E-state index in [2.05, 4.69) is 10.6 Å². The molecule has 17 heavy (non-hydrogen) atoms. The van der Waals surface area contributed by atoms with E-state index < -0.39 is 0 Å². The van der Waals surface area contributed by atoms with Gasteiger partial charge in [0.05, 0.1) is 6.04 Å². The van der Waals surface area contributed by atoms with Crippen LogP contribution in [0.5, 0.6) is 0 Å². The fraction of sp³-hybridized carbons (Fsp3) is 0.462. The maximum absolute atomic E-state index is 13.0. The lowest BCUT2D eigenvalue weighted by atomic mass is 10.1. The zero-order chi connectivity index (χ0) is 12.3. The first-order valence-corrected chi connectivity index (χ1v) is 5.95. The van der Waals surface area contributed by atoms with Gasteiger partial charge in [0.2, 0.25) is 0 Å². The summed E-state index contributed by atoms with van der Waals surface area (Å²) >= 11 is 0. The van der Waals surface area contributed by atoms with Gasteiger partial charge in [-0.25, -0.2) is 9.18 Å². The van der Waals surface area contributed by atoms with E-state index in [1.165, 1.54) is 25.0 Å². The monoisotopic (exact) mass is 236 g/mol. The molecule has 1 aliphatic carbocycles. The van der Waals surface area contributed by atoms with Gasteiger partial charge in [-0.2, -0.15) is 0 Å². The van der Waals surface area contributed by atoms with Crippen molar-refractivity contribution in [3.05, 3.63) is 35.6 Å². The fourth-order valence-electron chi connectivity index (χ4n) is 1.67. The molecular formula is C13H17FN2O. The standard InChI is InChI=1S/C13H17FN2O/c1-9(11-3-2-4-12(14)7-11)16-13(17)15-8-10-5-6-10/h2-4,7,9-10H,5-6,8H2,1H3,(H2,15,16,17). The Hall–Kier alpha value is -1.58. The molecule has 2 rings (SSSR count). The molecule has 0 aromatic heterocycles. The van der Waals surface area contributed by atoms with Gasteiger partial charge in [-0.05, 0) is 43.4 Å². The van der Waals surface area contributed by atoms with Crippen LogP contribution in [0.4, 0.5) is 9.18 Å². The quantitative estimate of drug-likeness (QED) is 0.829. The molecule has 1 aromatic rings. The number of urea groups is 1. The summed E-state index contributed by atoms with van der Waals surface area (Å²) in [7, 11) is 0. The predicted octanol–water partition coefficient (Wildman–Crippen LogP) is 2.60. The van der Waals surface area contributed by atoms with Crippen molar-refractivity contribution in [3.8, 4) is 0 Å². The molecule has 0 aliphatic heterocycles. The number of hydrogen-bond donors (Lipinski definition) is 2. The number of hydrogen-bond acceptors (Lipinski definition) is 1. The average Bonchev–Trinajstić information content (AvgIpc) is 3.10. The van der Waals surface area contributed by atoms with E-state index in [9.17, 15) is 9.18 Å². The summed E-state index contributed by atoms with van der Waals surface area (Å²) in [5, 5.41) is 5.61. The lowest BCUT2D eigenvalue weighted by Crippen LogP contribution is -2.38. The van der Waals surface area contributed by atoms with Gasteiger partial charge in [-0.15, -0.1) is 0 Å². The van der Waals surface area contributed by atoms with Gasteiger partial charge in [0, 0.05) is 6.54 Å². The zero-order valence-corrected chi connectivity index (χ0v) is 9.87. The summed E-state index contributed by atoms with van der Waals surface area (Å²) in [6.07, 6.45) is 2.42. The summed E-state index contributed by atoms with van der Waals surface area (Å²) in [4.78, 5) is 11.5. The summed E-state index contributed by atoms with van der Waals surface area (Å²) in [5.41, 5.74) is 0.770. The molecule has 1 aromatic carbocycles. The van der Waals surface area contributed by atoms with Gasteiger partial charge >= 0.3 is 6.03 Å². The Morgan fingerprint density at radius 3 is 2.94 bits per heavy atom. The Morgan fingerprint density at radius 1 is 1.53 bits per heavy atom. The van der Waals surface area contributed by atoms with Crippen molar-refractivity contribution in [2.45, 2.75) is 25.8 Å². The highest BCUT2D eigenvalue weighted by Gasteiger charge is 2.21. The molecule has 1 saturated carbocycles. The van der Waals surface area contributed by atoms with Gasteiger partial charge in [0.25, 0.3) is 0 Å². The lowest BCUT2D eigenvalue weighted by molar-refractivity contribution is 0.237. The second-order valence-corrected chi connectivity index (χ2v) is 4.57. The molecule has 3 nitrogen and oxygen atoms in total. The first-order valence-electron chi connectivity index (χ1n) is 5.95. The molecule has 0 heterocycles. The molecule has 0 saturated heterocycles. The minimum atomic E-state index is -0.283. The van der Waals surface area contributed by atoms with Crippen LogP contribution in [0.2, 0.25) is 0 Å². The van der Waals surface area contributed by atoms with Gasteiger partial charge < -0.3 is 10.6 Å². The van der Waals surface area contributed by atoms with E-state index in [1.807, 2.05) is 6.92 Å². The molecule has 0 radical (unpaired) electrons. The van der Waals surface area contributed by atoms with Gasteiger partial charge in [-0.1, -0.05) is 12.1 Å². The van der Waals surface area contributed by atoms with Crippen LogP contribution in [0.1, 0.15) is 31.4 Å². The number of amides is 2. The molecule has 0 spiro atoms. The maximum atomic E-state index is 13.0. The fourth-order valence-corrected chi connectivity index (χ4v) is 1.67. The Balaban J connectivity index is 1.82. The Labute approximate surface area is 100 Å². The molecule has 92 valence electrons. The molecular weight excluding hydrogens is 219 g/mol. The minimum absolute atomic E-state index is 0.186. The molecule has 1 fully saturated rings. The van der Waals surface area contributed by atoms with E-state index in [-0.39, 0.29) is 17.9 Å². The molecule has 2 amide bonds. The summed E-state index contributed by atoms with van der Waals surface area (Å²) < 4.78 is 13.0. The normalized spacial score (nSPS) is 16.4. The summed E-state index contributed by atoms with van der Waals surface area (Å²) in [5.74, 6) is 0.375. The van der Waals surface area contributed by atoms with Crippen molar-refractivity contribution in [1.82, 2.24) is 10.6 Å². The third kappa shape index (κ3) is 3.73. The highest BCUT2D eigenvalue weighted by Crippen LogP contribution is 2.27. The largest absolute Gasteiger partial charge is 0.338 e.